The van der Waals surface area contributed by atoms with Gasteiger partial charge in [0.1, 0.15) is 0 Å². The number of halogens is 1. The molecule has 0 saturated carbocycles. The number of hydrogen-bond acceptors (Lipinski definition) is 1. The van der Waals surface area contributed by atoms with Crippen molar-refractivity contribution in [1.29, 1.82) is 0 Å². The zero-order chi connectivity index (χ0) is 5.54. The molecule has 0 aliphatic heterocycles. The summed E-state index contributed by atoms with van der Waals surface area (Å²) in [5.74, 6) is 0. The monoisotopic (exact) mass is 165 g/mol. The lowest BCUT2D eigenvalue weighted by Crippen LogP contribution is -2.11. The fourth-order valence-corrected chi connectivity index (χ4v) is 0.649. The van der Waals surface area contributed by atoms with E-state index in [9.17, 15) is 0 Å². The first-order valence-electron chi connectivity index (χ1n) is 2.68. The third-order valence-corrected chi connectivity index (χ3v) is 1.20. The summed E-state index contributed by atoms with van der Waals surface area (Å²) in [6.07, 6.45) is 2.56. The van der Waals surface area contributed by atoms with Gasteiger partial charge in [-0.05, 0) is 13.0 Å². The van der Waals surface area contributed by atoms with Gasteiger partial charge in [-0.3, -0.25) is 0 Å². The third-order valence-electron chi connectivity index (χ3n) is 0.802. The molecule has 1 N–H and O–H groups in total. The molecule has 44 valence electrons. The Bertz CT molecular complexity index is 27.3. The minimum Gasteiger partial charge on any atom is -0.307 e. The van der Waals surface area contributed by atoms with Gasteiger partial charge < -0.3 is 5.32 Å². The Morgan fingerprint density at radius 3 is 2.71 bits per heavy atom. The second-order valence-electron chi connectivity index (χ2n) is 1.49. The molecule has 0 amide bonds. The van der Waals surface area contributed by atoms with Crippen molar-refractivity contribution >= 4 is 15.9 Å². The van der Waals surface area contributed by atoms with E-state index in [-0.39, 0.29) is 0 Å². The molecule has 0 unspecified atom stereocenters. The van der Waals surface area contributed by atoms with Crippen LogP contribution in [0.15, 0.2) is 0 Å². The molecule has 0 heterocycles. The maximum absolute atomic E-state index is 3.27. The lowest BCUT2D eigenvalue weighted by Gasteiger charge is -1.94. The SMILES string of the molecule is CCCCNCBr. The average Bonchev–Trinajstić information content (AvgIpc) is 1.69. The Kier molecular flexibility index (Phi) is 6.84. The maximum atomic E-state index is 3.27. The molecule has 0 bridgehead atoms. The highest BCUT2D eigenvalue weighted by molar-refractivity contribution is 9.09. The Balaban J connectivity index is 2.45. The van der Waals surface area contributed by atoms with Crippen LogP contribution in [0, 0.1) is 0 Å². The number of alkyl halides is 1. The van der Waals surface area contributed by atoms with Crippen molar-refractivity contribution in [3.63, 3.8) is 0 Å². The molecule has 0 aliphatic carbocycles. The first kappa shape index (κ1) is 7.44. The van der Waals surface area contributed by atoms with E-state index in [1.165, 1.54) is 12.8 Å². The molecule has 0 atom stereocenters. The van der Waals surface area contributed by atoms with Gasteiger partial charge in [-0.15, -0.1) is 0 Å². The Labute approximate surface area is 53.6 Å². The molecule has 0 saturated heterocycles. The van der Waals surface area contributed by atoms with Crippen LogP contribution < -0.4 is 5.32 Å². The molecule has 1 nitrogen and oxygen atoms in total. The van der Waals surface area contributed by atoms with E-state index < -0.39 is 0 Å². The molecule has 0 radical (unpaired) electrons. The highest BCUT2D eigenvalue weighted by Gasteiger charge is 1.78. The van der Waals surface area contributed by atoms with Gasteiger partial charge in [-0.2, -0.15) is 0 Å². The van der Waals surface area contributed by atoms with Gasteiger partial charge in [0.15, 0.2) is 0 Å². The lowest BCUT2D eigenvalue weighted by molar-refractivity contribution is 0.703. The largest absolute Gasteiger partial charge is 0.307 e. The average molecular weight is 166 g/mol. The van der Waals surface area contributed by atoms with E-state index in [0.717, 1.165) is 12.0 Å². The van der Waals surface area contributed by atoms with Gasteiger partial charge in [0.2, 0.25) is 0 Å². The van der Waals surface area contributed by atoms with Crippen molar-refractivity contribution in [2.75, 3.05) is 12.0 Å². The van der Waals surface area contributed by atoms with Crippen LogP contribution in [0.25, 0.3) is 0 Å². The van der Waals surface area contributed by atoms with Crippen molar-refractivity contribution < 1.29 is 0 Å². The minimum atomic E-state index is 0.924. The molecule has 0 spiro atoms. The molecule has 0 aromatic heterocycles. The Morgan fingerprint density at radius 2 is 2.29 bits per heavy atom. The highest BCUT2D eigenvalue weighted by atomic mass is 79.9. The van der Waals surface area contributed by atoms with E-state index in [1.54, 1.807) is 0 Å². The van der Waals surface area contributed by atoms with E-state index >= 15 is 0 Å². The van der Waals surface area contributed by atoms with Crippen LogP contribution in [0.3, 0.4) is 0 Å². The quantitative estimate of drug-likeness (QED) is 0.381. The second-order valence-corrected chi connectivity index (χ2v) is 2.05. The van der Waals surface area contributed by atoms with Gasteiger partial charge in [-0.25, -0.2) is 0 Å². The molecule has 0 aromatic rings. The zero-order valence-electron chi connectivity index (χ0n) is 4.71. The van der Waals surface area contributed by atoms with Crippen LogP contribution in [0.5, 0.6) is 0 Å². The normalized spacial score (nSPS) is 9.43. The van der Waals surface area contributed by atoms with Gasteiger partial charge in [0, 0.05) is 0 Å². The Hall–Kier alpha value is 0.440. The summed E-state index contributed by atoms with van der Waals surface area (Å²) in [6, 6.07) is 0. The van der Waals surface area contributed by atoms with Crippen LogP contribution in [-0.4, -0.2) is 12.0 Å². The fraction of sp³-hybridized carbons (Fsp3) is 1.00. The molecule has 0 rings (SSSR count). The van der Waals surface area contributed by atoms with Gasteiger partial charge in [-0.1, -0.05) is 29.3 Å². The van der Waals surface area contributed by atoms with Crippen LogP contribution in [0.2, 0.25) is 0 Å². The molecular weight excluding hydrogens is 154 g/mol. The van der Waals surface area contributed by atoms with Gasteiger partial charge >= 0.3 is 0 Å². The second kappa shape index (κ2) is 6.44. The van der Waals surface area contributed by atoms with Crippen molar-refractivity contribution in [3.8, 4) is 0 Å². The summed E-state index contributed by atoms with van der Waals surface area (Å²) in [4.78, 5) is 0. The topological polar surface area (TPSA) is 12.0 Å². The molecule has 0 fully saturated rings. The van der Waals surface area contributed by atoms with Gasteiger partial charge in [0.05, 0.1) is 5.45 Å². The first-order chi connectivity index (χ1) is 3.41. The maximum Gasteiger partial charge on any atom is 0.0517 e. The van der Waals surface area contributed by atoms with Crippen LogP contribution in [0.4, 0.5) is 0 Å². The third kappa shape index (κ3) is 6.44. The summed E-state index contributed by atoms with van der Waals surface area (Å²) in [5, 5.41) is 3.17. The molecule has 0 aliphatic rings. The fourth-order valence-electron chi connectivity index (χ4n) is 0.369. The predicted molar refractivity (Wildman–Crippen MR) is 36.7 cm³/mol. The molecule has 2 heteroatoms. The van der Waals surface area contributed by atoms with E-state index in [2.05, 4.69) is 28.2 Å². The van der Waals surface area contributed by atoms with E-state index in [0.29, 0.717) is 0 Å². The number of unbranched alkanes of at least 4 members (excludes halogenated alkanes) is 1. The highest BCUT2D eigenvalue weighted by Crippen LogP contribution is 1.82. The smallest absolute Gasteiger partial charge is 0.0517 e. The summed E-state index contributed by atoms with van der Waals surface area (Å²) in [7, 11) is 0. The van der Waals surface area contributed by atoms with Crippen molar-refractivity contribution in [2.24, 2.45) is 0 Å². The van der Waals surface area contributed by atoms with Crippen molar-refractivity contribution in [3.05, 3.63) is 0 Å². The minimum absolute atomic E-state index is 0.924. The summed E-state index contributed by atoms with van der Waals surface area (Å²) < 4.78 is 0. The van der Waals surface area contributed by atoms with E-state index in [1.807, 2.05) is 0 Å². The zero-order valence-corrected chi connectivity index (χ0v) is 6.29. The number of hydrogen-bond donors (Lipinski definition) is 1. The van der Waals surface area contributed by atoms with Crippen molar-refractivity contribution in [1.82, 2.24) is 5.32 Å². The lowest BCUT2D eigenvalue weighted by atomic mass is 10.3. The van der Waals surface area contributed by atoms with Crippen LogP contribution >= 0.6 is 15.9 Å². The molecule has 7 heavy (non-hydrogen) atoms. The molecular formula is C5H12BrN. The molecule has 0 aromatic carbocycles. The van der Waals surface area contributed by atoms with Crippen LogP contribution in [0.1, 0.15) is 19.8 Å². The number of nitrogens with one attached hydrogen (secondary N) is 1. The standard InChI is InChI=1S/C5H12BrN/c1-2-3-4-7-5-6/h7H,2-5H2,1H3. The van der Waals surface area contributed by atoms with Crippen LogP contribution in [-0.2, 0) is 0 Å². The Morgan fingerprint density at radius 1 is 1.57 bits per heavy atom. The summed E-state index contributed by atoms with van der Waals surface area (Å²) in [6.45, 7) is 3.33. The number of rotatable bonds is 4. The summed E-state index contributed by atoms with van der Waals surface area (Å²) >= 11 is 3.27. The van der Waals surface area contributed by atoms with E-state index in [4.69, 9.17) is 0 Å². The predicted octanol–water partition coefficient (Wildman–Crippen LogP) is 1.73. The van der Waals surface area contributed by atoms with Crippen molar-refractivity contribution in [2.45, 2.75) is 19.8 Å². The first-order valence-corrected chi connectivity index (χ1v) is 3.80. The van der Waals surface area contributed by atoms with Gasteiger partial charge in [0.25, 0.3) is 0 Å². The summed E-state index contributed by atoms with van der Waals surface area (Å²) in [5.41, 5.74) is 0.924.